The summed E-state index contributed by atoms with van der Waals surface area (Å²) in [5.41, 5.74) is 0.948. The normalized spacial score (nSPS) is 10.4. The van der Waals surface area contributed by atoms with Gasteiger partial charge in [-0.1, -0.05) is 39.1 Å². The van der Waals surface area contributed by atoms with Gasteiger partial charge in [0.05, 0.1) is 0 Å². The van der Waals surface area contributed by atoms with Crippen molar-refractivity contribution in [1.29, 1.82) is 0 Å². The minimum absolute atomic E-state index is 0.145. The van der Waals surface area contributed by atoms with Crippen molar-refractivity contribution in [3.8, 4) is 0 Å². The SMILES string of the molecule is CN(Cc1cc(Cl)cc(Cl)c1)C(=O)CCCCBr. The van der Waals surface area contributed by atoms with Gasteiger partial charge in [-0.05, 0) is 36.6 Å². The molecule has 2 nitrogen and oxygen atoms in total. The summed E-state index contributed by atoms with van der Waals surface area (Å²) >= 11 is 15.2. The monoisotopic (exact) mass is 351 g/mol. The maximum atomic E-state index is 11.8. The Kier molecular flexibility index (Phi) is 7.05. The van der Waals surface area contributed by atoms with Crippen molar-refractivity contribution in [3.63, 3.8) is 0 Å². The molecule has 0 unspecified atom stereocenters. The molecule has 1 aromatic rings. The Morgan fingerprint density at radius 1 is 1.22 bits per heavy atom. The van der Waals surface area contributed by atoms with Crippen LogP contribution in [-0.4, -0.2) is 23.2 Å². The van der Waals surface area contributed by atoms with E-state index in [1.165, 1.54) is 0 Å². The zero-order valence-electron chi connectivity index (χ0n) is 10.3. The van der Waals surface area contributed by atoms with Gasteiger partial charge in [0.1, 0.15) is 0 Å². The molecule has 18 heavy (non-hydrogen) atoms. The Balaban J connectivity index is 2.52. The lowest BCUT2D eigenvalue weighted by Gasteiger charge is -2.17. The van der Waals surface area contributed by atoms with Gasteiger partial charge >= 0.3 is 0 Å². The molecule has 0 heterocycles. The second kappa shape index (κ2) is 8.03. The minimum atomic E-state index is 0.145. The molecule has 0 radical (unpaired) electrons. The van der Waals surface area contributed by atoms with Crippen LogP contribution in [0.5, 0.6) is 0 Å². The summed E-state index contributed by atoms with van der Waals surface area (Å²) in [6, 6.07) is 5.34. The van der Waals surface area contributed by atoms with Crippen LogP contribution in [0.15, 0.2) is 18.2 Å². The third-order valence-corrected chi connectivity index (χ3v) is 3.54. The molecule has 0 aromatic heterocycles. The van der Waals surface area contributed by atoms with E-state index < -0.39 is 0 Å². The number of rotatable bonds is 6. The number of unbranched alkanes of at least 4 members (excludes halogenated alkanes) is 1. The molecule has 1 amide bonds. The van der Waals surface area contributed by atoms with Crippen LogP contribution < -0.4 is 0 Å². The number of carbonyl (C=O) groups excluding carboxylic acids is 1. The highest BCUT2D eigenvalue weighted by Gasteiger charge is 2.09. The number of hydrogen-bond donors (Lipinski definition) is 0. The number of halogens is 3. The minimum Gasteiger partial charge on any atom is -0.341 e. The van der Waals surface area contributed by atoms with E-state index in [0.29, 0.717) is 23.0 Å². The molecule has 0 saturated heterocycles. The van der Waals surface area contributed by atoms with E-state index >= 15 is 0 Å². The Morgan fingerprint density at radius 2 is 1.83 bits per heavy atom. The van der Waals surface area contributed by atoms with Gasteiger partial charge in [-0.2, -0.15) is 0 Å². The van der Waals surface area contributed by atoms with E-state index in [-0.39, 0.29) is 5.91 Å². The Hall–Kier alpha value is -0.250. The molecule has 0 bridgehead atoms. The summed E-state index contributed by atoms with van der Waals surface area (Å²) in [5, 5.41) is 2.13. The summed E-state index contributed by atoms with van der Waals surface area (Å²) in [5.74, 6) is 0.145. The molecule has 0 spiro atoms. The van der Waals surface area contributed by atoms with Gasteiger partial charge in [-0.25, -0.2) is 0 Å². The zero-order chi connectivity index (χ0) is 13.5. The van der Waals surface area contributed by atoms with Crippen LogP contribution in [0.2, 0.25) is 10.0 Å². The molecule has 0 aliphatic heterocycles. The van der Waals surface area contributed by atoms with Gasteiger partial charge < -0.3 is 4.90 Å². The first kappa shape index (κ1) is 15.8. The van der Waals surface area contributed by atoms with Crippen molar-refractivity contribution >= 4 is 45.0 Å². The van der Waals surface area contributed by atoms with Crippen LogP contribution in [-0.2, 0) is 11.3 Å². The maximum absolute atomic E-state index is 11.8. The van der Waals surface area contributed by atoms with E-state index in [2.05, 4.69) is 15.9 Å². The summed E-state index contributed by atoms with van der Waals surface area (Å²) in [4.78, 5) is 13.5. The van der Waals surface area contributed by atoms with Crippen LogP contribution >= 0.6 is 39.1 Å². The summed E-state index contributed by atoms with van der Waals surface area (Å²) in [6.45, 7) is 0.535. The largest absolute Gasteiger partial charge is 0.341 e. The van der Waals surface area contributed by atoms with E-state index in [1.54, 1.807) is 18.0 Å². The molecule has 0 aliphatic rings. The lowest BCUT2D eigenvalue weighted by Crippen LogP contribution is -2.25. The van der Waals surface area contributed by atoms with Gasteiger partial charge in [0, 0.05) is 35.4 Å². The predicted octanol–water partition coefficient (Wildman–Crippen LogP) is 4.52. The number of nitrogens with zero attached hydrogens (tertiary/aromatic N) is 1. The maximum Gasteiger partial charge on any atom is 0.222 e. The second-order valence-corrected chi connectivity index (χ2v) is 5.84. The highest BCUT2D eigenvalue weighted by Crippen LogP contribution is 2.20. The van der Waals surface area contributed by atoms with Crippen molar-refractivity contribution in [3.05, 3.63) is 33.8 Å². The van der Waals surface area contributed by atoms with Crippen molar-refractivity contribution in [2.24, 2.45) is 0 Å². The standard InChI is InChI=1S/C13H16BrCl2NO/c1-17(13(18)4-2-3-5-14)9-10-6-11(15)8-12(16)7-10/h6-8H,2-5,9H2,1H3. The Bertz CT molecular complexity index is 392. The van der Waals surface area contributed by atoms with Crippen molar-refractivity contribution in [1.82, 2.24) is 4.90 Å². The highest BCUT2D eigenvalue weighted by atomic mass is 79.9. The van der Waals surface area contributed by atoms with Crippen molar-refractivity contribution in [2.75, 3.05) is 12.4 Å². The van der Waals surface area contributed by atoms with Crippen LogP contribution in [0.1, 0.15) is 24.8 Å². The third kappa shape index (κ3) is 5.59. The molecular weight excluding hydrogens is 337 g/mol. The van der Waals surface area contributed by atoms with Crippen LogP contribution in [0, 0.1) is 0 Å². The first-order valence-electron chi connectivity index (χ1n) is 5.78. The number of amides is 1. The number of benzene rings is 1. The number of alkyl halides is 1. The van der Waals surface area contributed by atoms with Crippen LogP contribution in [0.4, 0.5) is 0 Å². The number of carbonyl (C=O) groups is 1. The fourth-order valence-electron chi connectivity index (χ4n) is 1.63. The smallest absolute Gasteiger partial charge is 0.222 e. The molecule has 0 atom stereocenters. The third-order valence-electron chi connectivity index (χ3n) is 2.54. The van der Waals surface area contributed by atoms with E-state index in [9.17, 15) is 4.79 Å². The average molecular weight is 353 g/mol. The van der Waals surface area contributed by atoms with Gasteiger partial charge in [-0.3, -0.25) is 4.79 Å². The molecule has 0 saturated carbocycles. The van der Waals surface area contributed by atoms with E-state index in [4.69, 9.17) is 23.2 Å². The first-order chi connectivity index (χ1) is 8.52. The molecule has 0 aliphatic carbocycles. The van der Waals surface area contributed by atoms with Crippen molar-refractivity contribution < 1.29 is 4.79 Å². The fraction of sp³-hybridized carbons (Fsp3) is 0.462. The Morgan fingerprint density at radius 3 is 2.39 bits per heavy atom. The summed E-state index contributed by atoms with van der Waals surface area (Å²) in [6.07, 6.45) is 2.50. The van der Waals surface area contributed by atoms with Crippen LogP contribution in [0.3, 0.4) is 0 Å². The fourth-order valence-corrected chi connectivity index (χ4v) is 2.59. The van der Waals surface area contributed by atoms with E-state index in [1.807, 2.05) is 12.1 Å². The van der Waals surface area contributed by atoms with Gasteiger partial charge in [0.15, 0.2) is 0 Å². The van der Waals surface area contributed by atoms with Crippen molar-refractivity contribution in [2.45, 2.75) is 25.8 Å². The molecular formula is C13H16BrCl2NO. The first-order valence-corrected chi connectivity index (χ1v) is 7.65. The topological polar surface area (TPSA) is 20.3 Å². The highest BCUT2D eigenvalue weighted by molar-refractivity contribution is 9.09. The summed E-state index contributed by atoms with van der Waals surface area (Å²) < 4.78 is 0. The molecule has 0 N–H and O–H groups in total. The molecule has 1 aromatic carbocycles. The average Bonchev–Trinajstić information content (AvgIpc) is 2.27. The molecule has 5 heteroatoms. The Labute approximate surface area is 126 Å². The molecule has 1 rings (SSSR count). The lowest BCUT2D eigenvalue weighted by molar-refractivity contribution is -0.130. The zero-order valence-corrected chi connectivity index (χ0v) is 13.4. The van der Waals surface area contributed by atoms with Gasteiger partial charge in [-0.15, -0.1) is 0 Å². The number of hydrogen-bond acceptors (Lipinski definition) is 1. The predicted molar refractivity (Wildman–Crippen MR) is 80.6 cm³/mol. The lowest BCUT2D eigenvalue weighted by atomic mass is 10.2. The summed E-state index contributed by atoms with van der Waals surface area (Å²) in [7, 11) is 1.80. The molecule has 100 valence electrons. The van der Waals surface area contributed by atoms with Gasteiger partial charge in [0.25, 0.3) is 0 Å². The van der Waals surface area contributed by atoms with Crippen LogP contribution in [0.25, 0.3) is 0 Å². The quantitative estimate of drug-likeness (QED) is 0.544. The molecule has 0 fully saturated rings. The van der Waals surface area contributed by atoms with E-state index in [0.717, 1.165) is 23.7 Å². The van der Waals surface area contributed by atoms with Gasteiger partial charge in [0.2, 0.25) is 5.91 Å². The second-order valence-electron chi connectivity index (χ2n) is 4.17.